The van der Waals surface area contributed by atoms with Crippen molar-refractivity contribution in [2.24, 2.45) is 0 Å². The van der Waals surface area contributed by atoms with Crippen molar-refractivity contribution in [3.05, 3.63) is 18.0 Å². The molecule has 0 unspecified atom stereocenters. The Morgan fingerprint density at radius 2 is 2.06 bits per heavy atom. The average molecular weight is 252 g/mol. The van der Waals surface area contributed by atoms with Crippen LogP contribution in [0.4, 0.5) is 0 Å². The number of nitrogens with one attached hydrogen (secondary N) is 1. The fraction of sp³-hybridized carbons (Fsp3) is 0.786. The maximum absolute atomic E-state index is 4.34. The van der Waals surface area contributed by atoms with Gasteiger partial charge in [-0.25, -0.2) is 0 Å². The Labute approximate surface area is 111 Å². The maximum atomic E-state index is 4.34. The molecule has 0 fully saturated rings. The molecule has 1 rings (SSSR count). The Hall–Kier alpha value is -0.870. The molecular formula is C14H28N4. The third kappa shape index (κ3) is 5.19. The second kappa shape index (κ2) is 8.27. The van der Waals surface area contributed by atoms with Gasteiger partial charge in [0.25, 0.3) is 0 Å². The highest BCUT2D eigenvalue weighted by atomic mass is 15.3. The zero-order valence-corrected chi connectivity index (χ0v) is 12.3. The zero-order valence-electron chi connectivity index (χ0n) is 12.3. The molecule has 0 amide bonds. The van der Waals surface area contributed by atoms with Crippen LogP contribution in [0, 0.1) is 0 Å². The SMILES string of the molecule is CCN(CC)CCCNCc1cnn(C(C)C)c1. The summed E-state index contributed by atoms with van der Waals surface area (Å²) >= 11 is 0. The van der Waals surface area contributed by atoms with Crippen molar-refractivity contribution in [2.45, 2.75) is 46.7 Å². The first-order valence-electron chi connectivity index (χ1n) is 7.13. The first kappa shape index (κ1) is 15.2. The lowest BCUT2D eigenvalue weighted by molar-refractivity contribution is 0.298. The topological polar surface area (TPSA) is 33.1 Å². The molecule has 1 heterocycles. The number of aromatic nitrogens is 2. The Balaban J connectivity index is 2.13. The molecule has 1 aromatic rings. The van der Waals surface area contributed by atoms with E-state index >= 15 is 0 Å². The quantitative estimate of drug-likeness (QED) is 0.685. The summed E-state index contributed by atoms with van der Waals surface area (Å²) in [5.41, 5.74) is 1.27. The molecule has 0 spiro atoms. The van der Waals surface area contributed by atoms with Crippen LogP contribution in [0.3, 0.4) is 0 Å². The Morgan fingerprint density at radius 1 is 1.33 bits per heavy atom. The Morgan fingerprint density at radius 3 is 2.61 bits per heavy atom. The Bertz CT molecular complexity index is 315. The molecule has 0 saturated carbocycles. The van der Waals surface area contributed by atoms with E-state index in [9.17, 15) is 0 Å². The first-order valence-corrected chi connectivity index (χ1v) is 7.13. The monoisotopic (exact) mass is 252 g/mol. The van der Waals surface area contributed by atoms with Gasteiger partial charge in [0.2, 0.25) is 0 Å². The van der Waals surface area contributed by atoms with Gasteiger partial charge in [-0.1, -0.05) is 13.8 Å². The van der Waals surface area contributed by atoms with Gasteiger partial charge in [-0.15, -0.1) is 0 Å². The van der Waals surface area contributed by atoms with Crippen molar-refractivity contribution in [1.82, 2.24) is 20.0 Å². The van der Waals surface area contributed by atoms with Gasteiger partial charge in [-0.05, 0) is 46.4 Å². The molecule has 1 aromatic heterocycles. The molecule has 0 radical (unpaired) electrons. The number of rotatable bonds is 9. The lowest BCUT2D eigenvalue weighted by atomic mass is 10.3. The highest BCUT2D eigenvalue weighted by molar-refractivity contribution is 5.03. The van der Waals surface area contributed by atoms with Crippen LogP contribution >= 0.6 is 0 Å². The highest BCUT2D eigenvalue weighted by Gasteiger charge is 2.01. The van der Waals surface area contributed by atoms with Gasteiger partial charge in [-0.2, -0.15) is 5.10 Å². The van der Waals surface area contributed by atoms with E-state index in [1.165, 1.54) is 18.5 Å². The van der Waals surface area contributed by atoms with Gasteiger partial charge in [0.05, 0.1) is 6.20 Å². The molecule has 0 aliphatic carbocycles. The lowest BCUT2D eigenvalue weighted by Crippen LogP contribution is -2.27. The molecule has 0 atom stereocenters. The summed E-state index contributed by atoms with van der Waals surface area (Å²) in [6.07, 6.45) is 5.29. The fourth-order valence-corrected chi connectivity index (χ4v) is 1.95. The molecule has 18 heavy (non-hydrogen) atoms. The normalized spacial score (nSPS) is 11.7. The molecule has 0 aliphatic heterocycles. The average Bonchev–Trinajstić information content (AvgIpc) is 2.83. The summed E-state index contributed by atoms with van der Waals surface area (Å²) in [6.45, 7) is 14.2. The predicted molar refractivity (Wildman–Crippen MR) is 76.7 cm³/mol. The van der Waals surface area contributed by atoms with E-state index in [1.807, 2.05) is 10.9 Å². The van der Waals surface area contributed by atoms with E-state index in [2.05, 4.69) is 49.2 Å². The highest BCUT2D eigenvalue weighted by Crippen LogP contribution is 2.04. The van der Waals surface area contributed by atoms with Crippen molar-refractivity contribution < 1.29 is 0 Å². The molecule has 0 aliphatic rings. The van der Waals surface area contributed by atoms with E-state index in [0.29, 0.717) is 6.04 Å². The second-order valence-electron chi connectivity index (χ2n) is 4.98. The van der Waals surface area contributed by atoms with Crippen LogP contribution in [-0.2, 0) is 6.54 Å². The number of hydrogen-bond donors (Lipinski definition) is 1. The van der Waals surface area contributed by atoms with Crippen LogP contribution < -0.4 is 5.32 Å². The van der Waals surface area contributed by atoms with Gasteiger partial charge in [-0.3, -0.25) is 4.68 Å². The number of nitrogens with zero attached hydrogens (tertiary/aromatic N) is 3. The molecule has 0 saturated heterocycles. The van der Waals surface area contributed by atoms with Crippen LogP contribution in [0.25, 0.3) is 0 Å². The molecular weight excluding hydrogens is 224 g/mol. The van der Waals surface area contributed by atoms with Crippen molar-refractivity contribution in [3.8, 4) is 0 Å². The largest absolute Gasteiger partial charge is 0.313 e. The molecule has 0 bridgehead atoms. The standard InChI is InChI=1S/C14H28N4/c1-5-17(6-2)9-7-8-15-10-14-11-16-18(12-14)13(3)4/h11-13,15H,5-10H2,1-4H3. The Kier molecular flexibility index (Phi) is 6.98. The smallest absolute Gasteiger partial charge is 0.0534 e. The van der Waals surface area contributed by atoms with E-state index in [0.717, 1.165) is 26.2 Å². The van der Waals surface area contributed by atoms with Gasteiger partial charge in [0, 0.05) is 24.3 Å². The molecule has 104 valence electrons. The minimum Gasteiger partial charge on any atom is -0.313 e. The summed E-state index contributed by atoms with van der Waals surface area (Å²) < 4.78 is 2.01. The van der Waals surface area contributed by atoms with Crippen LogP contribution in [0.15, 0.2) is 12.4 Å². The van der Waals surface area contributed by atoms with Crippen molar-refractivity contribution in [1.29, 1.82) is 0 Å². The fourth-order valence-electron chi connectivity index (χ4n) is 1.95. The minimum atomic E-state index is 0.446. The molecule has 1 N–H and O–H groups in total. The van der Waals surface area contributed by atoms with Crippen LogP contribution in [-0.4, -0.2) is 40.9 Å². The summed E-state index contributed by atoms with van der Waals surface area (Å²) in [5, 5.41) is 7.82. The summed E-state index contributed by atoms with van der Waals surface area (Å²) in [4.78, 5) is 2.46. The van der Waals surface area contributed by atoms with Crippen molar-refractivity contribution >= 4 is 0 Å². The predicted octanol–water partition coefficient (Wildman–Crippen LogP) is 2.29. The van der Waals surface area contributed by atoms with Crippen LogP contribution in [0.1, 0.15) is 45.7 Å². The first-order chi connectivity index (χ1) is 8.67. The molecule has 4 nitrogen and oxygen atoms in total. The van der Waals surface area contributed by atoms with Gasteiger partial charge in [0.15, 0.2) is 0 Å². The lowest BCUT2D eigenvalue weighted by Gasteiger charge is -2.17. The van der Waals surface area contributed by atoms with E-state index in [4.69, 9.17) is 0 Å². The van der Waals surface area contributed by atoms with E-state index < -0.39 is 0 Å². The van der Waals surface area contributed by atoms with Gasteiger partial charge >= 0.3 is 0 Å². The number of hydrogen-bond acceptors (Lipinski definition) is 3. The zero-order chi connectivity index (χ0) is 13.4. The minimum absolute atomic E-state index is 0.446. The third-order valence-corrected chi connectivity index (χ3v) is 3.24. The van der Waals surface area contributed by atoms with Gasteiger partial charge in [0.1, 0.15) is 0 Å². The van der Waals surface area contributed by atoms with Crippen molar-refractivity contribution in [3.63, 3.8) is 0 Å². The summed E-state index contributed by atoms with van der Waals surface area (Å²) in [6, 6.07) is 0.446. The second-order valence-corrected chi connectivity index (χ2v) is 4.98. The van der Waals surface area contributed by atoms with Crippen LogP contribution in [0.2, 0.25) is 0 Å². The third-order valence-electron chi connectivity index (χ3n) is 3.24. The summed E-state index contributed by atoms with van der Waals surface area (Å²) in [5.74, 6) is 0. The molecule has 4 heteroatoms. The van der Waals surface area contributed by atoms with Gasteiger partial charge < -0.3 is 10.2 Å². The van der Waals surface area contributed by atoms with E-state index in [1.54, 1.807) is 0 Å². The maximum Gasteiger partial charge on any atom is 0.0534 e. The van der Waals surface area contributed by atoms with E-state index in [-0.39, 0.29) is 0 Å². The molecule has 0 aromatic carbocycles. The van der Waals surface area contributed by atoms with Crippen molar-refractivity contribution in [2.75, 3.05) is 26.2 Å². The van der Waals surface area contributed by atoms with Crippen LogP contribution in [0.5, 0.6) is 0 Å². The summed E-state index contributed by atoms with van der Waals surface area (Å²) in [7, 11) is 0.